The van der Waals surface area contributed by atoms with Crippen molar-refractivity contribution < 1.29 is 9.18 Å². The molecular formula is C15H21FN2O. The van der Waals surface area contributed by atoms with E-state index in [1.165, 1.54) is 25.0 Å². The van der Waals surface area contributed by atoms with Gasteiger partial charge in [-0.25, -0.2) is 4.39 Å². The van der Waals surface area contributed by atoms with Gasteiger partial charge < -0.3 is 10.6 Å². The number of hydrogen-bond donors (Lipinski definition) is 2. The fraction of sp³-hybridized carbons (Fsp3) is 0.533. The Kier molecular flexibility index (Phi) is 4.53. The second-order valence-electron chi connectivity index (χ2n) is 5.37. The summed E-state index contributed by atoms with van der Waals surface area (Å²) in [6.45, 7) is 4.45. The third-order valence-electron chi connectivity index (χ3n) is 3.64. The van der Waals surface area contributed by atoms with Crippen LogP contribution in [0.5, 0.6) is 0 Å². The smallest absolute Gasteiger partial charge is 0.251 e. The van der Waals surface area contributed by atoms with E-state index in [0.717, 1.165) is 6.42 Å². The molecule has 4 heteroatoms. The summed E-state index contributed by atoms with van der Waals surface area (Å²) in [5.41, 5.74) is 1.01. The standard InChI is InChI=1S/C15H21FN2O/c1-10-8-12(6-7-14(10)16)15(19)17-9-13-5-3-4-11(2)18-13/h6-8,11,13,18H,3-5,9H2,1-2H3,(H,17,19). The van der Waals surface area contributed by atoms with E-state index >= 15 is 0 Å². The second-order valence-corrected chi connectivity index (χ2v) is 5.37. The number of nitrogens with one attached hydrogen (secondary N) is 2. The molecule has 2 unspecified atom stereocenters. The Morgan fingerprint density at radius 1 is 1.47 bits per heavy atom. The van der Waals surface area contributed by atoms with Crippen LogP contribution in [0.1, 0.15) is 42.1 Å². The average Bonchev–Trinajstić information content (AvgIpc) is 2.39. The summed E-state index contributed by atoms with van der Waals surface area (Å²) in [7, 11) is 0. The maximum absolute atomic E-state index is 13.1. The molecule has 1 saturated heterocycles. The first-order valence-corrected chi connectivity index (χ1v) is 6.86. The molecule has 1 aliphatic rings. The molecule has 1 aromatic carbocycles. The van der Waals surface area contributed by atoms with Gasteiger partial charge in [-0.15, -0.1) is 0 Å². The Morgan fingerprint density at radius 2 is 2.26 bits per heavy atom. The molecule has 1 aromatic rings. The molecule has 0 spiro atoms. The number of halogens is 1. The van der Waals surface area contributed by atoms with Gasteiger partial charge in [-0.05, 0) is 50.5 Å². The van der Waals surface area contributed by atoms with Crippen molar-refractivity contribution in [3.63, 3.8) is 0 Å². The Balaban J connectivity index is 1.88. The molecule has 1 heterocycles. The molecule has 0 bridgehead atoms. The van der Waals surface area contributed by atoms with Crippen LogP contribution in [-0.2, 0) is 0 Å². The minimum absolute atomic E-state index is 0.136. The number of hydrogen-bond acceptors (Lipinski definition) is 2. The Labute approximate surface area is 113 Å². The molecule has 0 aliphatic carbocycles. The molecule has 2 N–H and O–H groups in total. The minimum Gasteiger partial charge on any atom is -0.350 e. The predicted octanol–water partition coefficient (Wildman–Crippen LogP) is 2.39. The van der Waals surface area contributed by atoms with Crippen LogP contribution in [0, 0.1) is 12.7 Å². The fourth-order valence-corrected chi connectivity index (χ4v) is 2.50. The van der Waals surface area contributed by atoms with Gasteiger partial charge in [-0.3, -0.25) is 4.79 Å². The molecule has 3 nitrogen and oxygen atoms in total. The Hall–Kier alpha value is -1.42. The van der Waals surface area contributed by atoms with Crippen molar-refractivity contribution in [3.05, 3.63) is 35.1 Å². The zero-order chi connectivity index (χ0) is 13.8. The van der Waals surface area contributed by atoms with E-state index in [0.29, 0.717) is 29.8 Å². The number of carbonyl (C=O) groups excluding carboxylic acids is 1. The first-order chi connectivity index (χ1) is 9.06. The minimum atomic E-state index is -0.278. The van der Waals surface area contributed by atoms with E-state index < -0.39 is 0 Å². The maximum Gasteiger partial charge on any atom is 0.251 e. The SMILES string of the molecule is Cc1cc(C(=O)NCC2CCCC(C)N2)ccc1F. The van der Waals surface area contributed by atoms with Gasteiger partial charge in [0.1, 0.15) is 5.82 Å². The van der Waals surface area contributed by atoms with Gasteiger partial charge in [0, 0.05) is 24.2 Å². The topological polar surface area (TPSA) is 41.1 Å². The highest BCUT2D eigenvalue weighted by Gasteiger charge is 2.18. The summed E-state index contributed by atoms with van der Waals surface area (Å²) >= 11 is 0. The molecule has 0 saturated carbocycles. The van der Waals surface area contributed by atoms with Crippen molar-refractivity contribution in [3.8, 4) is 0 Å². The lowest BCUT2D eigenvalue weighted by molar-refractivity contribution is 0.0946. The fourth-order valence-electron chi connectivity index (χ4n) is 2.50. The number of carbonyl (C=O) groups is 1. The van der Waals surface area contributed by atoms with Crippen molar-refractivity contribution in [1.82, 2.24) is 10.6 Å². The van der Waals surface area contributed by atoms with Gasteiger partial charge in [0.25, 0.3) is 5.91 Å². The lowest BCUT2D eigenvalue weighted by atomic mass is 9.99. The van der Waals surface area contributed by atoms with Crippen LogP contribution in [0.3, 0.4) is 0 Å². The normalized spacial score (nSPS) is 23.1. The van der Waals surface area contributed by atoms with Crippen molar-refractivity contribution in [2.75, 3.05) is 6.54 Å². The van der Waals surface area contributed by atoms with Crippen LogP contribution in [0.2, 0.25) is 0 Å². The van der Waals surface area contributed by atoms with Crippen molar-refractivity contribution in [2.24, 2.45) is 0 Å². The maximum atomic E-state index is 13.1. The van der Waals surface area contributed by atoms with Crippen molar-refractivity contribution in [2.45, 2.75) is 45.2 Å². The molecular weight excluding hydrogens is 243 g/mol. The van der Waals surface area contributed by atoms with E-state index in [4.69, 9.17) is 0 Å². The lowest BCUT2D eigenvalue weighted by Crippen LogP contribution is -2.47. The summed E-state index contributed by atoms with van der Waals surface area (Å²) in [4.78, 5) is 12.0. The van der Waals surface area contributed by atoms with Gasteiger partial charge in [0.15, 0.2) is 0 Å². The van der Waals surface area contributed by atoms with Gasteiger partial charge in [0.05, 0.1) is 0 Å². The zero-order valence-corrected chi connectivity index (χ0v) is 11.5. The average molecular weight is 264 g/mol. The molecule has 2 atom stereocenters. The molecule has 1 aliphatic heterocycles. The van der Waals surface area contributed by atoms with Crippen molar-refractivity contribution in [1.29, 1.82) is 0 Å². The van der Waals surface area contributed by atoms with Gasteiger partial charge >= 0.3 is 0 Å². The Bertz CT molecular complexity index is 461. The molecule has 1 fully saturated rings. The van der Waals surface area contributed by atoms with E-state index in [1.54, 1.807) is 13.0 Å². The second kappa shape index (κ2) is 6.15. The van der Waals surface area contributed by atoms with Gasteiger partial charge in [-0.2, -0.15) is 0 Å². The quantitative estimate of drug-likeness (QED) is 0.880. The van der Waals surface area contributed by atoms with Crippen LogP contribution < -0.4 is 10.6 Å². The van der Waals surface area contributed by atoms with E-state index in [9.17, 15) is 9.18 Å². The molecule has 1 amide bonds. The largest absolute Gasteiger partial charge is 0.350 e. The van der Waals surface area contributed by atoms with Gasteiger partial charge in [-0.1, -0.05) is 6.42 Å². The summed E-state index contributed by atoms with van der Waals surface area (Å²) in [6, 6.07) is 5.31. The first kappa shape index (κ1) is 14.0. The highest BCUT2D eigenvalue weighted by molar-refractivity contribution is 5.94. The lowest BCUT2D eigenvalue weighted by Gasteiger charge is -2.28. The van der Waals surface area contributed by atoms with Crippen LogP contribution >= 0.6 is 0 Å². The van der Waals surface area contributed by atoms with Crippen molar-refractivity contribution >= 4 is 5.91 Å². The van der Waals surface area contributed by atoms with Crippen LogP contribution in [0.25, 0.3) is 0 Å². The number of benzene rings is 1. The summed E-state index contributed by atoms with van der Waals surface area (Å²) < 4.78 is 13.1. The summed E-state index contributed by atoms with van der Waals surface area (Å²) in [6.07, 6.45) is 3.49. The monoisotopic (exact) mass is 264 g/mol. The predicted molar refractivity (Wildman–Crippen MR) is 73.7 cm³/mol. The number of piperidine rings is 1. The van der Waals surface area contributed by atoms with E-state index in [1.807, 2.05) is 0 Å². The molecule has 2 rings (SSSR count). The van der Waals surface area contributed by atoms with Crippen LogP contribution in [0.15, 0.2) is 18.2 Å². The number of rotatable bonds is 3. The molecule has 0 aromatic heterocycles. The number of aryl methyl sites for hydroxylation is 1. The highest BCUT2D eigenvalue weighted by Crippen LogP contribution is 2.12. The summed E-state index contributed by atoms with van der Waals surface area (Å²) in [5.74, 6) is -0.414. The van der Waals surface area contributed by atoms with Crippen LogP contribution in [0.4, 0.5) is 4.39 Å². The molecule has 104 valence electrons. The zero-order valence-electron chi connectivity index (χ0n) is 11.5. The highest BCUT2D eigenvalue weighted by atomic mass is 19.1. The van der Waals surface area contributed by atoms with E-state index in [2.05, 4.69) is 17.6 Å². The summed E-state index contributed by atoms with van der Waals surface area (Å²) in [5, 5.41) is 6.38. The van der Waals surface area contributed by atoms with Gasteiger partial charge in [0.2, 0.25) is 0 Å². The molecule has 19 heavy (non-hydrogen) atoms. The van der Waals surface area contributed by atoms with E-state index in [-0.39, 0.29) is 11.7 Å². The Morgan fingerprint density at radius 3 is 2.95 bits per heavy atom. The van der Waals surface area contributed by atoms with Crippen LogP contribution in [-0.4, -0.2) is 24.5 Å². The molecule has 0 radical (unpaired) electrons. The number of amides is 1. The third kappa shape index (κ3) is 3.77. The third-order valence-corrected chi connectivity index (χ3v) is 3.64. The first-order valence-electron chi connectivity index (χ1n) is 6.86.